The lowest BCUT2D eigenvalue weighted by Gasteiger charge is -2.24. The summed E-state index contributed by atoms with van der Waals surface area (Å²) in [5, 5.41) is 15.2. The van der Waals surface area contributed by atoms with Crippen LogP contribution in [-0.2, 0) is 16.9 Å². The number of aliphatic hydroxyl groups is 1. The van der Waals surface area contributed by atoms with Crippen LogP contribution in [0.5, 0.6) is 0 Å². The molecule has 5 aromatic rings. The van der Waals surface area contributed by atoms with Gasteiger partial charge in [0, 0.05) is 27.7 Å². The molecule has 0 radical (unpaired) electrons. The molecule has 0 fully saturated rings. The molecule has 0 saturated heterocycles. The summed E-state index contributed by atoms with van der Waals surface area (Å²) in [6, 6.07) is 29.7. The van der Waals surface area contributed by atoms with E-state index in [1.54, 1.807) is 4.90 Å². The summed E-state index contributed by atoms with van der Waals surface area (Å²) in [5.41, 5.74) is 3.01. The fraction of sp³-hybridized carbons (Fsp3) is 0.107. The van der Waals surface area contributed by atoms with E-state index in [4.69, 9.17) is 0 Å². The Balaban J connectivity index is 1.54. The third-order valence-corrected chi connectivity index (χ3v) is 6.60. The Hall–Kier alpha value is -3.89. The van der Waals surface area contributed by atoms with E-state index in [0.29, 0.717) is 17.7 Å². The van der Waals surface area contributed by atoms with Crippen molar-refractivity contribution >= 4 is 33.3 Å². The van der Waals surface area contributed by atoms with Crippen LogP contribution in [0.15, 0.2) is 91.0 Å². The number of aromatic amines is 1. The zero-order valence-electron chi connectivity index (χ0n) is 17.7. The predicted molar refractivity (Wildman–Crippen MR) is 128 cm³/mol. The molecule has 0 aliphatic carbocycles. The van der Waals surface area contributed by atoms with Crippen molar-refractivity contribution in [1.82, 2.24) is 4.98 Å². The van der Waals surface area contributed by atoms with Crippen LogP contribution < -0.4 is 4.90 Å². The average molecular weight is 418 g/mol. The minimum absolute atomic E-state index is 0.320. The number of aromatic nitrogens is 1. The third kappa shape index (κ3) is 2.50. The highest BCUT2D eigenvalue weighted by molar-refractivity contribution is 6.11. The van der Waals surface area contributed by atoms with Crippen LogP contribution in [0.25, 0.3) is 21.7 Å². The first-order valence-corrected chi connectivity index (χ1v) is 10.8. The van der Waals surface area contributed by atoms with Gasteiger partial charge in [0.25, 0.3) is 5.91 Å². The summed E-state index contributed by atoms with van der Waals surface area (Å²) < 4.78 is 0. The molecular formula is C28H22N2O2. The van der Waals surface area contributed by atoms with E-state index in [0.717, 1.165) is 38.6 Å². The lowest BCUT2D eigenvalue weighted by molar-refractivity contribution is -0.132. The first-order chi connectivity index (χ1) is 15.6. The Labute approximate surface area is 185 Å². The van der Waals surface area contributed by atoms with Crippen LogP contribution >= 0.6 is 0 Å². The van der Waals surface area contributed by atoms with Crippen molar-refractivity contribution in [3.63, 3.8) is 0 Å². The molecule has 0 saturated carbocycles. The summed E-state index contributed by atoms with van der Waals surface area (Å²) in [7, 11) is 0. The van der Waals surface area contributed by atoms with Gasteiger partial charge < -0.3 is 15.0 Å². The molecule has 0 bridgehead atoms. The number of hydrogen-bond acceptors (Lipinski definition) is 2. The Morgan fingerprint density at radius 3 is 2.41 bits per heavy atom. The maximum atomic E-state index is 14.0. The first kappa shape index (κ1) is 18.8. The predicted octanol–water partition coefficient (Wildman–Crippen LogP) is 5.41. The number of aryl methyl sites for hydroxylation is 1. The second-order valence-electron chi connectivity index (χ2n) is 8.43. The highest BCUT2D eigenvalue weighted by atomic mass is 16.3. The van der Waals surface area contributed by atoms with Crippen molar-refractivity contribution in [3.8, 4) is 0 Å². The first-order valence-electron chi connectivity index (χ1n) is 10.8. The summed E-state index contributed by atoms with van der Waals surface area (Å²) in [4.78, 5) is 19.0. The number of amides is 1. The second kappa shape index (κ2) is 6.81. The fourth-order valence-electron chi connectivity index (χ4n) is 5.18. The second-order valence-corrected chi connectivity index (χ2v) is 8.43. The molecule has 2 heterocycles. The highest BCUT2D eigenvalue weighted by Gasteiger charge is 2.52. The van der Waals surface area contributed by atoms with E-state index in [2.05, 4.69) is 23.2 Å². The highest BCUT2D eigenvalue weighted by Crippen LogP contribution is 2.48. The Bertz CT molecular complexity index is 1510. The van der Waals surface area contributed by atoms with Crippen LogP contribution in [0, 0.1) is 6.92 Å². The van der Waals surface area contributed by atoms with Crippen LogP contribution in [0.1, 0.15) is 22.4 Å². The Morgan fingerprint density at radius 1 is 0.844 bits per heavy atom. The van der Waals surface area contributed by atoms with Gasteiger partial charge in [-0.15, -0.1) is 0 Å². The number of rotatable bonds is 3. The molecule has 1 amide bonds. The number of para-hydroxylation sites is 2. The monoisotopic (exact) mass is 418 g/mol. The van der Waals surface area contributed by atoms with Crippen molar-refractivity contribution in [3.05, 3.63) is 113 Å². The molecule has 1 aliphatic heterocycles. The molecule has 6 rings (SSSR count). The van der Waals surface area contributed by atoms with E-state index in [1.807, 2.05) is 79.7 Å². The van der Waals surface area contributed by atoms with Crippen molar-refractivity contribution in [2.75, 3.05) is 4.90 Å². The van der Waals surface area contributed by atoms with E-state index in [9.17, 15) is 9.90 Å². The van der Waals surface area contributed by atoms with Gasteiger partial charge >= 0.3 is 0 Å². The SMILES string of the molecule is Cc1[nH]c2ccccc2c1[C@@]1(O)C(=O)N(Cc2cccc3ccccc23)c2ccccc21. The quantitative estimate of drug-likeness (QED) is 0.411. The van der Waals surface area contributed by atoms with Gasteiger partial charge in [-0.25, -0.2) is 0 Å². The molecule has 0 unspecified atom stereocenters. The largest absolute Gasteiger partial charge is 0.372 e. The Kier molecular flexibility index (Phi) is 4.01. The molecule has 4 aromatic carbocycles. The van der Waals surface area contributed by atoms with Crippen molar-refractivity contribution in [2.24, 2.45) is 0 Å². The smallest absolute Gasteiger partial charge is 0.268 e. The number of nitrogens with zero attached hydrogens (tertiary/aromatic N) is 1. The lowest BCUT2D eigenvalue weighted by Crippen LogP contribution is -2.41. The summed E-state index contributed by atoms with van der Waals surface area (Å²) in [6.45, 7) is 2.30. The Morgan fingerprint density at radius 2 is 1.53 bits per heavy atom. The minimum Gasteiger partial charge on any atom is -0.372 e. The molecule has 4 nitrogen and oxygen atoms in total. The van der Waals surface area contributed by atoms with Gasteiger partial charge in [0.1, 0.15) is 0 Å². The van der Waals surface area contributed by atoms with Gasteiger partial charge in [-0.2, -0.15) is 0 Å². The molecule has 1 aromatic heterocycles. The van der Waals surface area contributed by atoms with Gasteiger partial charge in [0.2, 0.25) is 0 Å². The molecule has 32 heavy (non-hydrogen) atoms. The number of nitrogens with one attached hydrogen (secondary N) is 1. The number of carbonyl (C=O) groups excluding carboxylic acids is 1. The van der Waals surface area contributed by atoms with Crippen LogP contribution in [0.3, 0.4) is 0 Å². The maximum absolute atomic E-state index is 14.0. The molecule has 1 aliphatic rings. The molecule has 156 valence electrons. The van der Waals surface area contributed by atoms with Gasteiger partial charge in [-0.3, -0.25) is 4.79 Å². The van der Waals surface area contributed by atoms with Crippen LogP contribution in [0.4, 0.5) is 5.69 Å². The zero-order valence-corrected chi connectivity index (χ0v) is 17.7. The van der Waals surface area contributed by atoms with Crippen molar-refractivity contribution in [2.45, 2.75) is 19.1 Å². The van der Waals surface area contributed by atoms with Gasteiger partial charge in [-0.1, -0.05) is 78.9 Å². The van der Waals surface area contributed by atoms with Gasteiger partial charge in [0.15, 0.2) is 5.60 Å². The maximum Gasteiger partial charge on any atom is 0.268 e. The van der Waals surface area contributed by atoms with E-state index in [1.165, 1.54) is 0 Å². The number of benzene rings is 4. The minimum atomic E-state index is -1.75. The number of hydrogen-bond donors (Lipinski definition) is 2. The summed E-state index contributed by atoms with van der Waals surface area (Å²) >= 11 is 0. The molecule has 2 N–H and O–H groups in total. The molecule has 1 atom stereocenters. The third-order valence-electron chi connectivity index (χ3n) is 6.60. The zero-order chi connectivity index (χ0) is 21.9. The van der Waals surface area contributed by atoms with Gasteiger partial charge in [0.05, 0.1) is 12.2 Å². The van der Waals surface area contributed by atoms with Crippen LogP contribution in [0.2, 0.25) is 0 Å². The van der Waals surface area contributed by atoms with E-state index in [-0.39, 0.29) is 5.91 Å². The standard InChI is InChI=1S/C28H22N2O2/c1-18-26(22-13-4-6-15-24(22)29-18)28(32)23-14-5-7-16-25(23)30(27(28)31)17-20-11-8-10-19-9-2-3-12-21(19)20/h2-16,29,32H,17H2,1H3/t28-/m1/s1. The van der Waals surface area contributed by atoms with Crippen molar-refractivity contribution in [1.29, 1.82) is 0 Å². The van der Waals surface area contributed by atoms with Crippen molar-refractivity contribution < 1.29 is 9.90 Å². The van der Waals surface area contributed by atoms with Gasteiger partial charge in [-0.05, 0) is 35.4 Å². The molecule has 0 spiro atoms. The van der Waals surface area contributed by atoms with E-state index < -0.39 is 5.60 Å². The number of carbonyl (C=O) groups is 1. The van der Waals surface area contributed by atoms with E-state index >= 15 is 0 Å². The molecule has 4 heteroatoms. The summed E-state index contributed by atoms with van der Waals surface area (Å²) in [6.07, 6.45) is 0. The number of fused-ring (bicyclic) bond motifs is 3. The lowest BCUT2D eigenvalue weighted by atomic mass is 9.85. The van der Waals surface area contributed by atoms with Crippen LogP contribution in [-0.4, -0.2) is 16.0 Å². The molecular weight excluding hydrogens is 396 g/mol. The number of anilines is 1. The topological polar surface area (TPSA) is 56.3 Å². The summed E-state index contributed by atoms with van der Waals surface area (Å²) in [5.74, 6) is -0.320. The average Bonchev–Trinajstić information content (AvgIpc) is 3.27. The fourth-order valence-corrected chi connectivity index (χ4v) is 5.18. The number of H-pyrrole nitrogens is 1. The normalized spacial score (nSPS) is 17.9.